The number of aryl methyl sites for hydroxylation is 1. The zero-order valence-corrected chi connectivity index (χ0v) is 9.21. The summed E-state index contributed by atoms with van der Waals surface area (Å²) in [6, 6.07) is 7.55. The predicted molar refractivity (Wildman–Crippen MR) is 64.0 cm³/mol. The highest BCUT2D eigenvalue weighted by Gasteiger charge is 2.04. The number of aromatic hydroxyl groups is 1. The summed E-state index contributed by atoms with van der Waals surface area (Å²) in [7, 11) is 1.73. The average molecular weight is 232 g/mol. The van der Waals surface area contributed by atoms with E-state index >= 15 is 0 Å². The highest BCUT2D eigenvalue weighted by atomic mass is 16.3. The maximum absolute atomic E-state index is 11.6. The summed E-state index contributed by atoms with van der Waals surface area (Å²) in [5.41, 5.74) is 0.600. The number of hydrogen-bond donors (Lipinski definition) is 3. The topological polar surface area (TPSA) is 79.2 Å². The number of phenols is 1. The molecular formula is C11H12N4O2. The van der Waals surface area contributed by atoms with Crippen molar-refractivity contribution in [2.75, 3.05) is 10.6 Å². The van der Waals surface area contributed by atoms with E-state index in [1.807, 2.05) is 0 Å². The number of phenolic OH excluding ortho intramolecular Hbond substituents is 1. The molecule has 17 heavy (non-hydrogen) atoms. The van der Waals surface area contributed by atoms with Gasteiger partial charge in [-0.05, 0) is 24.3 Å². The van der Waals surface area contributed by atoms with Crippen molar-refractivity contribution in [2.24, 2.45) is 7.05 Å². The van der Waals surface area contributed by atoms with Gasteiger partial charge in [0, 0.05) is 18.8 Å². The molecule has 2 rings (SSSR count). The lowest BCUT2D eigenvalue weighted by molar-refractivity contribution is 0.262. The minimum absolute atomic E-state index is 0.155. The summed E-state index contributed by atoms with van der Waals surface area (Å²) in [6.45, 7) is 0. The van der Waals surface area contributed by atoms with Gasteiger partial charge in [0.15, 0.2) is 0 Å². The molecule has 1 aromatic heterocycles. The summed E-state index contributed by atoms with van der Waals surface area (Å²) in [5, 5.41) is 18.3. The van der Waals surface area contributed by atoms with Gasteiger partial charge in [0.05, 0.1) is 6.20 Å². The van der Waals surface area contributed by atoms with Crippen LogP contribution in [0.2, 0.25) is 0 Å². The Morgan fingerprint density at radius 3 is 2.53 bits per heavy atom. The van der Waals surface area contributed by atoms with Gasteiger partial charge in [-0.2, -0.15) is 5.10 Å². The van der Waals surface area contributed by atoms with E-state index in [1.165, 1.54) is 12.1 Å². The summed E-state index contributed by atoms with van der Waals surface area (Å²) in [4.78, 5) is 11.6. The second-order valence-corrected chi connectivity index (χ2v) is 3.47. The fourth-order valence-corrected chi connectivity index (χ4v) is 1.32. The maximum Gasteiger partial charge on any atom is 0.324 e. The third-order valence-electron chi connectivity index (χ3n) is 2.19. The summed E-state index contributed by atoms with van der Waals surface area (Å²) in [5.74, 6) is 0.754. The molecule has 0 aliphatic carbocycles. The lowest BCUT2D eigenvalue weighted by atomic mass is 10.3. The molecule has 0 atom stereocenters. The number of aromatic nitrogens is 2. The molecule has 3 N–H and O–H groups in total. The number of benzene rings is 1. The van der Waals surface area contributed by atoms with E-state index in [0.717, 1.165) is 0 Å². The minimum atomic E-state index is -0.362. The summed E-state index contributed by atoms with van der Waals surface area (Å²) in [6.07, 6.45) is 1.59. The third-order valence-corrected chi connectivity index (χ3v) is 2.19. The van der Waals surface area contributed by atoms with Crippen LogP contribution in [0.15, 0.2) is 36.5 Å². The van der Waals surface area contributed by atoms with Crippen LogP contribution in [-0.2, 0) is 7.05 Å². The quantitative estimate of drug-likeness (QED) is 0.690. The first-order chi connectivity index (χ1) is 8.15. The molecule has 6 nitrogen and oxygen atoms in total. The number of carbonyl (C=O) groups excluding carboxylic acids is 1. The molecule has 0 radical (unpaired) electrons. The van der Waals surface area contributed by atoms with Gasteiger partial charge in [-0.15, -0.1) is 0 Å². The van der Waals surface area contributed by atoms with Crippen LogP contribution in [0.1, 0.15) is 0 Å². The second kappa shape index (κ2) is 4.56. The van der Waals surface area contributed by atoms with Crippen molar-refractivity contribution in [2.45, 2.75) is 0 Å². The highest BCUT2D eigenvalue weighted by molar-refractivity contribution is 5.99. The van der Waals surface area contributed by atoms with E-state index in [9.17, 15) is 4.79 Å². The summed E-state index contributed by atoms with van der Waals surface area (Å²) < 4.78 is 1.55. The van der Waals surface area contributed by atoms with Crippen LogP contribution in [0, 0.1) is 0 Å². The Kier molecular flexibility index (Phi) is 2.95. The summed E-state index contributed by atoms with van der Waals surface area (Å²) >= 11 is 0. The van der Waals surface area contributed by atoms with Crippen molar-refractivity contribution in [3.05, 3.63) is 36.5 Å². The first kappa shape index (κ1) is 11.0. The Labute approximate surface area is 97.9 Å². The van der Waals surface area contributed by atoms with E-state index in [1.54, 1.807) is 36.1 Å². The van der Waals surface area contributed by atoms with Crippen molar-refractivity contribution in [1.29, 1.82) is 0 Å². The highest BCUT2D eigenvalue weighted by Crippen LogP contribution is 2.14. The first-order valence-electron chi connectivity index (χ1n) is 5.00. The number of amides is 2. The molecule has 0 aliphatic heterocycles. The van der Waals surface area contributed by atoms with Crippen LogP contribution in [0.5, 0.6) is 5.75 Å². The standard InChI is InChI=1S/C11H12N4O2/c1-15-10(6-7-12-15)14-11(17)13-8-2-4-9(16)5-3-8/h2-7,16H,1H3,(H2,13,14,17). The third kappa shape index (κ3) is 2.75. The minimum Gasteiger partial charge on any atom is -0.508 e. The number of hydrogen-bond acceptors (Lipinski definition) is 3. The van der Waals surface area contributed by atoms with E-state index in [2.05, 4.69) is 15.7 Å². The zero-order valence-electron chi connectivity index (χ0n) is 9.21. The normalized spacial score (nSPS) is 9.94. The number of nitrogens with zero attached hydrogens (tertiary/aromatic N) is 2. The Morgan fingerprint density at radius 2 is 1.94 bits per heavy atom. The van der Waals surface area contributed by atoms with Gasteiger partial charge >= 0.3 is 6.03 Å². The van der Waals surface area contributed by atoms with E-state index in [-0.39, 0.29) is 11.8 Å². The lowest BCUT2D eigenvalue weighted by Gasteiger charge is -2.07. The van der Waals surface area contributed by atoms with Crippen molar-refractivity contribution in [3.8, 4) is 5.75 Å². The Balaban J connectivity index is 1.98. The monoisotopic (exact) mass is 232 g/mol. The van der Waals surface area contributed by atoms with Gasteiger partial charge in [0.1, 0.15) is 11.6 Å². The molecule has 1 aromatic carbocycles. The molecule has 0 fully saturated rings. The zero-order chi connectivity index (χ0) is 12.3. The molecule has 0 bridgehead atoms. The number of anilines is 2. The predicted octanol–water partition coefficient (Wildman–Crippen LogP) is 1.77. The van der Waals surface area contributed by atoms with Gasteiger partial charge in [-0.3, -0.25) is 10.00 Å². The van der Waals surface area contributed by atoms with Crippen LogP contribution in [0.25, 0.3) is 0 Å². The second-order valence-electron chi connectivity index (χ2n) is 3.47. The fraction of sp³-hybridized carbons (Fsp3) is 0.0909. The maximum atomic E-state index is 11.6. The van der Waals surface area contributed by atoms with Crippen LogP contribution in [0.4, 0.5) is 16.3 Å². The molecule has 88 valence electrons. The molecular weight excluding hydrogens is 220 g/mol. The Bertz CT molecular complexity index is 519. The largest absolute Gasteiger partial charge is 0.508 e. The molecule has 0 spiro atoms. The molecule has 1 heterocycles. The first-order valence-corrected chi connectivity index (χ1v) is 5.00. The van der Waals surface area contributed by atoms with Crippen molar-refractivity contribution in [1.82, 2.24) is 9.78 Å². The van der Waals surface area contributed by atoms with Crippen molar-refractivity contribution >= 4 is 17.5 Å². The molecule has 0 aliphatic rings. The molecule has 0 saturated carbocycles. The van der Waals surface area contributed by atoms with Crippen LogP contribution in [0.3, 0.4) is 0 Å². The van der Waals surface area contributed by atoms with Crippen LogP contribution in [-0.4, -0.2) is 20.9 Å². The van der Waals surface area contributed by atoms with Crippen molar-refractivity contribution < 1.29 is 9.90 Å². The fourth-order valence-electron chi connectivity index (χ4n) is 1.32. The number of carbonyl (C=O) groups is 1. The Morgan fingerprint density at radius 1 is 1.24 bits per heavy atom. The van der Waals surface area contributed by atoms with Gasteiger partial charge in [0.25, 0.3) is 0 Å². The van der Waals surface area contributed by atoms with E-state index in [4.69, 9.17) is 5.11 Å². The average Bonchev–Trinajstić information content (AvgIpc) is 2.68. The molecule has 0 saturated heterocycles. The van der Waals surface area contributed by atoms with Gasteiger partial charge < -0.3 is 10.4 Å². The smallest absolute Gasteiger partial charge is 0.324 e. The molecule has 2 aromatic rings. The number of rotatable bonds is 2. The van der Waals surface area contributed by atoms with E-state index in [0.29, 0.717) is 11.5 Å². The Hall–Kier alpha value is -2.50. The number of urea groups is 1. The molecule has 6 heteroatoms. The van der Waals surface area contributed by atoms with Gasteiger partial charge in [-0.1, -0.05) is 0 Å². The van der Waals surface area contributed by atoms with Gasteiger partial charge in [-0.25, -0.2) is 4.79 Å². The SMILES string of the molecule is Cn1nccc1NC(=O)Nc1ccc(O)cc1. The van der Waals surface area contributed by atoms with Crippen LogP contribution >= 0.6 is 0 Å². The number of nitrogens with one attached hydrogen (secondary N) is 2. The van der Waals surface area contributed by atoms with Crippen molar-refractivity contribution in [3.63, 3.8) is 0 Å². The molecule has 0 unspecified atom stereocenters. The lowest BCUT2D eigenvalue weighted by Crippen LogP contribution is -2.20. The van der Waals surface area contributed by atoms with Gasteiger partial charge in [0.2, 0.25) is 0 Å². The van der Waals surface area contributed by atoms with E-state index < -0.39 is 0 Å². The molecule has 2 amide bonds. The van der Waals surface area contributed by atoms with Crippen LogP contribution < -0.4 is 10.6 Å².